The van der Waals surface area contributed by atoms with E-state index in [1.807, 2.05) is 36.4 Å². The van der Waals surface area contributed by atoms with Crippen molar-refractivity contribution in [2.75, 3.05) is 19.6 Å². The second kappa shape index (κ2) is 11.8. The highest BCUT2D eigenvalue weighted by molar-refractivity contribution is 6.30. The van der Waals surface area contributed by atoms with Gasteiger partial charge in [-0.1, -0.05) is 47.5 Å². The average Bonchev–Trinajstić information content (AvgIpc) is 3.41. The van der Waals surface area contributed by atoms with Gasteiger partial charge in [0, 0.05) is 35.7 Å². The van der Waals surface area contributed by atoms with Crippen LogP contribution in [0.15, 0.2) is 48.5 Å². The molecule has 2 aromatic rings. The van der Waals surface area contributed by atoms with Crippen LogP contribution < -0.4 is 11.5 Å². The van der Waals surface area contributed by atoms with E-state index in [0.29, 0.717) is 6.04 Å². The van der Waals surface area contributed by atoms with Crippen molar-refractivity contribution in [3.05, 3.63) is 69.7 Å². The molecular formula is C24H32Cl2N4O. The van der Waals surface area contributed by atoms with Gasteiger partial charge in [-0.05, 0) is 74.2 Å². The van der Waals surface area contributed by atoms with E-state index in [1.165, 1.54) is 24.9 Å². The summed E-state index contributed by atoms with van der Waals surface area (Å²) in [5.74, 6) is -0.216. The molecule has 168 valence electrons. The highest BCUT2D eigenvalue weighted by Crippen LogP contribution is 2.21. The molecule has 2 aromatic carbocycles. The summed E-state index contributed by atoms with van der Waals surface area (Å²) in [4.78, 5) is 15.8. The zero-order chi connectivity index (χ0) is 22.2. The summed E-state index contributed by atoms with van der Waals surface area (Å²) in [5.41, 5.74) is 13.6. The first-order valence-electron chi connectivity index (χ1n) is 10.9. The Kier molecular flexibility index (Phi) is 9.17. The lowest BCUT2D eigenvalue weighted by Gasteiger charge is -2.23. The van der Waals surface area contributed by atoms with Crippen LogP contribution in [0.3, 0.4) is 0 Å². The highest BCUT2D eigenvalue weighted by Gasteiger charge is 2.28. The van der Waals surface area contributed by atoms with Crippen molar-refractivity contribution in [2.24, 2.45) is 11.5 Å². The number of carbonyl (C=O) groups excluding carboxylic acids is 1. The third kappa shape index (κ3) is 7.19. The summed E-state index contributed by atoms with van der Waals surface area (Å²) in [6.07, 6.45) is 4.43. The number of halogens is 2. The molecule has 5 nitrogen and oxygen atoms in total. The minimum absolute atomic E-state index is 0.101. The fourth-order valence-corrected chi connectivity index (χ4v) is 4.61. The van der Waals surface area contributed by atoms with Gasteiger partial charge in [-0.15, -0.1) is 0 Å². The van der Waals surface area contributed by atoms with Gasteiger partial charge < -0.3 is 11.5 Å². The van der Waals surface area contributed by atoms with Gasteiger partial charge in [0.25, 0.3) is 0 Å². The number of hydrogen-bond acceptors (Lipinski definition) is 4. The Hall–Kier alpha value is -1.63. The van der Waals surface area contributed by atoms with Crippen molar-refractivity contribution in [1.29, 1.82) is 0 Å². The van der Waals surface area contributed by atoms with Crippen LogP contribution in [0.2, 0.25) is 10.0 Å². The van der Waals surface area contributed by atoms with Crippen molar-refractivity contribution in [3.63, 3.8) is 0 Å². The Morgan fingerprint density at radius 1 is 0.839 bits per heavy atom. The number of rotatable bonds is 6. The smallest absolute Gasteiger partial charge is 0.234 e. The van der Waals surface area contributed by atoms with Gasteiger partial charge in [-0.2, -0.15) is 0 Å². The van der Waals surface area contributed by atoms with Crippen molar-refractivity contribution >= 4 is 29.1 Å². The standard InChI is InChI=1S/C12H15ClN2O.C12H17ClN2/c13-10-5-3-9(4-6-10)8-15-7-1-2-11(15)12(14)16;13-11-5-3-10(4-6-11)9-15-7-1-2-12(15)8-14/h3-6,11H,1-2,7-8H2,(H2,14,16);3-6,12H,1-2,7-9,14H2. The van der Waals surface area contributed by atoms with Gasteiger partial charge in [-0.3, -0.25) is 14.6 Å². The van der Waals surface area contributed by atoms with Crippen LogP contribution in [0, 0.1) is 0 Å². The minimum Gasteiger partial charge on any atom is -0.368 e. The quantitative estimate of drug-likeness (QED) is 0.678. The molecule has 0 saturated carbocycles. The van der Waals surface area contributed by atoms with Gasteiger partial charge >= 0.3 is 0 Å². The summed E-state index contributed by atoms with van der Waals surface area (Å²) in [7, 11) is 0. The molecule has 1 amide bonds. The maximum atomic E-state index is 11.2. The van der Waals surface area contributed by atoms with Crippen LogP contribution in [-0.2, 0) is 17.9 Å². The van der Waals surface area contributed by atoms with E-state index >= 15 is 0 Å². The molecule has 2 aliphatic heterocycles. The number of primary amides is 1. The monoisotopic (exact) mass is 462 g/mol. The number of hydrogen-bond donors (Lipinski definition) is 2. The number of nitrogens with two attached hydrogens (primary N) is 2. The average molecular weight is 463 g/mol. The molecule has 4 N–H and O–H groups in total. The molecule has 2 atom stereocenters. The van der Waals surface area contributed by atoms with E-state index in [9.17, 15) is 4.79 Å². The van der Waals surface area contributed by atoms with Crippen molar-refractivity contribution in [2.45, 2.75) is 50.9 Å². The molecule has 2 fully saturated rings. The van der Waals surface area contributed by atoms with E-state index in [0.717, 1.165) is 54.6 Å². The Balaban J connectivity index is 0.000000176. The summed E-state index contributed by atoms with van der Waals surface area (Å²) in [6, 6.07) is 16.3. The van der Waals surface area contributed by atoms with Crippen LogP contribution >= 0.6 is 23.2 Å². The van der Waals surface area contributed by atoms with Crippen LogP contribution in [0.25, 0.3) is 0 Å². The fraction of sp³-hybridized carbons (Fsp3) is 0.458. The highest BCUT2D eigenvalue weighted by atomic mass is 35.5. The Morgan fingerprint density at radius 2 is 1.32 bits per heavy atom. The van der Waals surface area contributed by atoms with E-state index in [4.69, 9.17) is 34.7 Å². The molecule has 0 spiro atoms. The minimum atomic E-state index is -0.216. The van der Waals surface area contributed by atoms with E-state index < -0.39 is 0 Å². The lowest BCUT2D eigenvalue weighted by molar-refractivity contribution is -0.122. The third-order valence-electron chi connectivity index (χ3n) is 6.06. The molecule has 0 aliphatic carbocycles. The zero-order valence-electron chi connectivity index (χ0n) is 17.9. The molecular weight excluding hydrogens is 431 g/mol. The Morgan fingerprint density at radius 3 is 1.84 bits per heavy atom. The predicted octanol–water partition coefficient (Wildman–Crippen LogP) is 4.05. The van der Waals surface area contributed by atoms with Crippen molar-refractivity contribution in [1.82, 2.24) is 9.80 Å². The van der Waals surface area contributed by atoms with Crippen LogP contribution in [0.4, 0.5) is 0 Å². The lowest BCUT2D eigenvalue weighted by Crippen LogP contribution is -2.39. The molecule has 2 saturated heterocycles. The largest absolute Gasteiger partial charge is 0.368 e. The van der Waals surface area contributed by atoms with Gasteiger partial charge in [0.2, 0.25) is 5.91 Å². The maximum Gasteiger partial charge on any atom is 0.234 e. The summed E-state index contributed by atoms with van der Waals surface area (Å²) in [6.45, 7) is 4.65. The number of benzene rings is 2. The number of likely N-dealkylation sites (tertiary alicyclic amines) is 2. The molecule has 7 heteroatoms. The second-order valence-corrected chi connectivity index (χ2v) is 9.16. The SMILES string of the molecule is NC(=O)C1CCCN1Cc1ccc(Cl)cc1.NCC1CCCN1Cc1ccc(Cl)cc1. The van der Waals surface area contributed by atoms with Crippen LogP contribution in [0.1, 0.15) is 36.8 Å². The van der Waals surface area contributed by atoms with E-state index in [1.54, 1.807) is 0 Å². The fourth-order valence-electron chi connectivity index (χ4n) is 4.36. The first-order valence-corrected chi connectivity index (χ1v) is 11.7. The first kappa shape index (κ1) is 24.0. The molecule has 2 aliphatic rings. The summed E-state index contributed by atoms with van der Waals surface area (Å²) < 4.78 is 0. The number of carbonyl (C=O) groups is 1. The summed E-state index contributed by atoms with van der Waals surface area (Å²) >= 11 is 11.7. The van der Waals surface area contributed by atoms with Gasteiger partial charge in [0.15, 0.2) is 0 Å². The number of amides is 1. The van der Waals surface area contributed by atoms with Crippen molar-refractivity contribution in [3.8, 4) is 0 Å². The van der Waals surface area contributed by atoms with Crippen molar-refractivity contribution < 1.29 is 4.79 Å². The third-order valence-corrected chi connectivity index (χ3v) is 6.57. The molecule has 0 radical (unpaired) electrons. The van der Waals surface area contributed by atoms with Gasteiger partial charge in [0.1, 0.15) is 0 Å². The second-order valence-electron chi connectivity index (χ2n) is 8.29. The molecule has 31 heavy (non-hydrogen) atoms. The summed E-state index contributed by atoms with van der Waals surface area (Å²) in [5, 5.41) is 1.53. The van der Waals surface area contributed by atoms with Gasteiger partial charge in [0.05, 0.1) is 6.04 Å². The van der Waals surface area contributed by atoms with Crippen LogP contribution in [-0.4, -0.2) is 47.4 Å². The van der Waals surface area contributed by atoms with Crippen LogP contribution in [0.5, 0.6) is 0 Å². The zero-order valence-corrected chi connectivity index (χ0v) is 19.4. The van der Waals surface area contributed by atoms with E-state index in [2.05, 4.69) is 21.9 Å². The lowest BCUT2D eigenvalue weighted by atomic mass is 10.2. The Labute approximate surface area is 195 Å². The molecule has 2 unspecified atom stereocenters. The predicted molar refractivity (Wildman–Crippen MR) is 128 cm³/mol. The van der Waals surface area contributed by atoms with Gasteiger partial charge in [-0.25, -0.2) is 0 Å². The molecule has 0 bridgehead atoms. The molecule has 0 aromatic heterocycles. The maximum absolute atomic E-state index is 11.2. The normalized spacial score (nSPS) is 21.6. The number of nitrogens with zero attached hydrogens (tertiary/aromatic N) is 2. The van der Waals surface area contributed by atoms with E-state index in [-0.39, 0.29) is 11.9 Å². The topological polar surface area (TPSA) is 75.6 Å². The Bertz CT molecular complexity index is 828. The molecule has 2 heterocycles. The first-order chi connectivity index (χ1) is 15.0. The molecule has 4 rings (SSSR count).